The van der Waals surface area contributed by atoms with E-state index in [2.05, 4.69) is 15.9 Å². The summed E-state index contributed by atoms with van der Waals surface area (Å²) >= 11 is 3.36. The lowest BCUT2D eigenvalue weighted by Crippen LogP contribution is -2.05. The third-order valence-corrected chi connectivity index (χ3v) is 3.71. The molecule has 2 aromatic rings. The Morgan fingerprint density at radius 3 is 2.67 bits per heavy atom. The highest BCUT2D eigenvalue weighted by molar-refractivity contribution is 9.10. The molecule has 112 valence electrons. The van der Waals surface area contributed by atoms with Crippen molar-refractivity contribution in [2.75, 3.05) is 6.61 Å². The van der Waals surface area contributed by atoms with Crippen LogP contribution in [0.3, 0.4) is 0 Å². The van der Waals surface area contributed by atoms with Crippen LogP contribution in [0.25, 0.3) is 0 Å². The van der Waals surface area contributed by atoms with Crippen LogP contribution in [0.2, 0.25) is 0 Å². The summed E-state index contributed by atoms with van der Waals surface area (Å²) in [7, 11) is 0. The second kappa shape index (κ2) is 7.00. The summed E-state index contributed by atoms with van der Waals surface area (Å²) in [6.07, 6.45) is -0.919. The van der Waals surface area contributed by atoms with E-state index in [0.29, 0.717) is 22.4 Å². The Kier molecular flexibility index (Phi) is 5.31. The summed E-state index contributed by atoms with van der Waals surface area (Å²) in [5.41, 5.74) is 0.751. The average molecular weight is 357 g/mol. The summed E-state index contributed by atoms with van der Waals surface area (Å²) in [5.74, 6) is -1.15. The lowest BCUT2D eigenvalue weighted by Gasteiger charge is -2.14. The number of hydrogen-bond acceptors (Lipinski definition) is 2. The van der Waals surface area contributed by atoms with Gasteiger partial charge in [0.1, 0.15) is 5.75 Å². The van der Waals surface area contributed by atoms with Crippen molar-refractivity contribution in [3.8, 4) is 5.75 Å². The molecule has 0 fully saturated rings. The van der Waals surface area contributed by atoms with Gasteiger partial charge >= 0.3 is 0 Å². The Bertz CT molecular complexity index is 632. The molecule has 0 bridgehead atoms. The molecule has 5 heteroatoms. The molecule has 2 nitrogen and oxygen atoms in total. The van der Waals surface area contributed by atoms with Crippen molar-refractivity contribution in [1.29, 1.82) is 0 Å². The second-order valence-corrected chi connectivity index (χ2v) is 5.41. The van der Waals surface area contributed by atoms with E-state index in [9.17, 15) is 13.9 Å². The monoisotopic (exact) mass is 356 g/mol. The van der Waals surface area contributed by atoms with Gasteiger partial charge in [-0.05, 0) is 52.2 Å². The molecule has 0 aromatic heterocycles. The zero-order chi connectivity index (χ0) is 15.4. The third kappa shape index (κ3) is 3.80. The van der Waals surface area contributed by atoms with E-state index < -0.39 is 17.7 Å². The molecule has 1 unspecified atom stereocenters. The quantitative estimate of drug-likeness (QED) is 0.860. The molecule has 0 radical (unpaired) electrons. The highest BCUT2D eigenvalue weighted by Crippen LogP contribution is 2.30. The highest BCUT2D eigenvalue weighted by Gasteiger charge is 2.15. The number of aliphatic hydroxyl groups excluding tert-OH is 1. The Hall–Kier alpha value is -1.46. The molecule has 0 amide bonds. The van der Waals surface area contributed by atoms with Crippen LogP contribution < -0.4 is 4.74 Å². The summed E-state index contributed by atoms with van der Waals surface area (Å²) in [5, 5.41) is 10.2. The van der Waals surface area contributed by atoms with Gasteiger partial charge in [0.2, 0.25) is 0 Å². The first-order valence-electron chi connectivity index (χ1n) is 6.56. The van der Waals surface area contributed by atoms with E-state index >= 15 is 0 Å². The normalized spacial score (nSPS) is 12.2. The minimum Gasteiger partial charge on any atom is -0.493 e. The van der Waals surface area contributed by atoms with Crippen LogP contribution >= 0.6 is 15.9 Å². The Morgan fingerprint density at radius 1 is 1.24 bits per heavy atom. The minimum absolute atomic E-state index is 0.00398. The van der Waals surface area contributed by atoms with Gasteiger partial charge in [-0.3, -0.25) is 0 Å². The minimum atomic E-state index is -0.923. The van der Waals surface area contributed by atoms with Gasteiger partial charge in [0.15, 0.2) is 11.6 Å². The standard InChI is InChI=1S/C16H15BrF2O2/c1-2-21-15-7-6-10(8-12(15)17)14(20)9-11-4-3-5-13(18)16(11)19/h3-8,14,20H,2,9H2,1H3. The molecule has 1 N–H and O–H groups in total. The van der Waals surface area contributed by atoms with Crippen molar-refractivity contribution >= 4 is 15.9 Å². The van der Waals surface area contributed by atoms with Crippen LogP contribution in [0.15, 0.2) is 40.9 Å². The number of ether oxygens (including phenoxy) is 1. The molecule has 0 aliphatic carbocycles. The van der Waals surface area contributed by atoms with Gasteiger partial charge in [0, 0.05) is 6.42 Å². The van der Waals surface area contributed by atoms with Crippen molar-refractivity contribution in [2.24, 2.45) is 0 Å². The molecule has 2 rings (SSSR count). The number of benzene rings is 2. The molecule has 21 heavy (non-hydrogen) atoms. The average Bonchev–Trinajstić information content (AvgIpc) is 2.46. The van der Waals surface area contributed by atoms with E-state index in [4.69, 9.17) is 4.74 Å². The summed E-state index contributed by atoms with van der Waals surface area (Å²) in [6, 6.07) is 9.09. The first-order chi connectivity index (χ1) is 10.0. The van der Waals surface area contributed by atoms with E-state index in [1.807, 2.05) is 6.92 Å². The Morgan fingerprint density at radius 2 is 2.00 bits per heavy atom. The number of aliphatic hydroxyl groups is 1. The SMILES string of the molecule is CCOc1ccc(C(O)Cc2cccc(F)c2F)cc1Br. The number of halogens is 3. The predicted octanol–water partition coefficient (Wildman–Crippen LogP) is 4.40. The largest absolute Gasteiger partial charge is 0.493 e. The molecular weight excluding hydrogens is 342 g/mol. The van der Waals surface area contributed by atoms with Gasteiger partial charge in [-0.15, -0.1) is 0 Å². The molecular formula is C16H15BrF2O2. The molecule has 0 heterocycles. The molecule has 2 aromatic carbocycles. The van der Waals surface area contributed by atoms with Crippen molar-refractivity contribution in [3.05, 3.63) is 63.6 Å². The summed E-state index contributed by atoms with van der Waals surface area (Å²) < 4.78 is 32.9. The maximum absolute atomic E-state index is 13.6. The molecule has 1 atom stereocenters. The van der Waals surface area contributed by atoms with Crippen LogP contribution in [0.4, 0.5) is 8.78 Å². The van der Waals surface area contributed by atoms with Crippen LogP contribution in [0.1, 0.15) is 24.2 Å². The fourth-order valence-electron chi connectivity index (χ4n) is 2.03. The van der Waals surface area contributed by atoms with Crippen molar-refractivity contribution in [3.63, 3.8) is 0 Å². The Labute approximate surface area is 130 Å². The van der Waals surface area contributed by atoms with Crippen molar-refractivity contribution in [1.82, 2.24) is 0 Å². The summed E-state index contributed by atoms with van der Waals surface area (Å²) in [4.78, 5) is 0. The van der Waals surface area contributed by atoms with Gasteiger partial charge in [-0.25, -0.2) is 8.78 Å². The zero-order valence-electron chi connectivity index (χ0n) is 11.4. The van der Waals surface area contributed by atoms with E-state index in [1.165, 1.54) is 12.1 Å². The lowest BCUT2D eigenvalue weighted by atomic mass is 10.0. The zero-order valence-corrected chi connectivity index (χ0v) is 13.0. The fourth-order valence-corrected chi connectivity index (χ4v) is 2.54. The maximum atomic E-state index is 13.6. The van der Waals surface area contributed by atoms with Gasteiger partial charge in [0.05, 0.1) is 17.2 Å². The molecule has 0 aliphatic rings. The predicted molar refractivity (Wildman–Crippen MR) is 80.3 cm³/mol. The fraction of sp³-hybridized carbons (Fsp3) is 0.250. The van der Waals surface area contributed by atoms with Gasteiger partial charge in [0.25, 0.3) is 0 Å². The number of hydrogen-bond donors (Lipinski definition) is 1. The first-order valence-corrected chi connectivity index (χ1v) is 7.35. The molecule has 0 saturated heterocycles. The van der Waals surface area contributed by atoms with Crippen LogP contribution in [0.5, 0.6) is 5.75 Å². The second-order valence-electron chi connectivity index (χ2n) is 4.56. The van der Waals surface area contributed by atoms with Gasteiger partial charge < -0.3 is 9.84 Å². The summed E-state index contributed by atoms with van der Waals surface area (Å²) in [6.45, 7) is 2.41. The molecule has 0 aliphatic heterocycles. The van der Waals surface area contributed by atoms with E-state index in [-0.39, 0.29) is 12.0 Å². The topological polar surface area (TPSA) is 29.5 Å². The Balaban J connectivity index is 2.18. The first kappa shape index (κ1) is 15.9. The van der Waals surface area contributed by atoms with Crippen LogP contribution in [0, 0.1) is 11.6 Å². The molecule has 0 saturated carbocycles. The smallest absolute Gasteiger partial charge is 0.162 e. The van der Waals surface area contributed by atoms with Gasteiger partial charge in [-0.2, -0.15) is 0 Å². The van der Waals surface area contributed by atoms with E-state index in [1.54, 1.807) is 18.2 Å². The van der Waals surface area contributed by atoms with Crippen LogP contribution in [-0.4, -0.2) is 11.7 Å². The van der Waals surface area contributed by atoms with Crippen LogP contribution in [-0.2, 0) is 6.42 Å². The highest BCUT2D eigenvalue weighted by atomic mass is 79.9. The number of rotatable bonds is 5. The maximum Gasteiger partial charge on any atom is 0.162 e. The molecule has 0 spiro atoms. The van der Waals surface area contributed by atoms with Gasteiger partial charge in [-0.1, -0.05) is 18.2 Å². The third-order valence-electron chi connectivity index (χ3n) is 3.09. The van der Waals surface area contributed by atoms with Crippen molar-refractivity contribution in [2.45, 2.75) is 19.4 Å². The van der Waals surface area contributed by atoms with E-state index in [0.717, 1.165) is 6.07 Å². The van der Waals surface area contributed by atoms with Crippen molar-refractivity contribution < 1.29 is 18.6 Å². The lowest BCUT2D eigenvalue weighted by molar-refractivity contribution is 0.176.